The van der Waals surface area contributed by atoms with E-state index in [-0.39, 0.29) is 17.9 Å². The SMILES string of the molecule is N=C(N)C1CCCN1C(=O)NC1CCCCC1. The monoisotopic (exact) mass is 238 g/mol. The van der Waals surface area contributed by atoms with Gasteiger partial charge < -0.3 is 16.0 Å². The third-order valence-electron chi connectivity index (χ3n) is 3.81. The van der Waals surface area contributed by atoms with Gasteiger partial charge in [0.1, 0.15) is 5.84 Å². The van der Waals surface area contributed by atoms with E-state index < -0.39 is 0 Å². The molecule has 1 aliphatic heterocycles. The highest BCUT2D eigenvalue weighted by molar-refractivity contribution is 5.88. The van der Waals surface area contributed by atoms with E-state index in [1.165, 1.54) is 19.3 Å². The summed E-state index contributed by atoms with van der Waals surface area (Å²) in [5.41, 5.74) is 5.52. The zero-order chi connectivity index (χ0) is 12.3. The molecule has 5 heteroatoms. The van der Waals surface area contributed by atoms with Crippen molar-refractivity contribution in [3.05, 3.63) is 0 Å². The molecular formula is C12H22N4O. The molecule has 1 unspecified atom stereocenters. The Morgan fingerprint density at radius 1 is 1.18 bits per heavy atom. The van der Waals surface area contributed by atoms with Crippen LogP contribution >= 0.6 is 0 Å². The van der Waals surface area contributed by atoms with Gasteiger partial charge in [0.05, 0.1) is 6.04 Å². The molecule has 17 heavy (non-hydrogen) atoms. The molecule has 0 radical (unpaired) electrons. The lowest BCUT2D eigenvalue weighted by Gasteiger charge is -2.28. The van der Waals surface area contributed by atoms with Gasteiger partial charge in [-0.05, 0) is 25.7 Å². The normalized spacial score (nSPS) is 25.9. The highest BCUT2D eigenvalue weighted by atomic mass is 16.2. The van der Waals surface area contributed by atoms with Crippen LogP contribution in [0.5, 0.6) is 0 Å². The van der Waals surface area contributed by atoms with Crippen LogP contribution in [-0.2, 0) is 0 Å². The first-order chi connectivity index (χ1) is 8.18. The van der Waals surface area contributed by atoms with Crippen molar-refractivity contribution >= 4 is 11.9 Å². The van der Waals surface area contributed by atoms with Gasteiger partial charge in [-0.25, -0.2) is 4.79 Å². The van der Waals surface area contributed by atoms with E-state index in [9.17, 15) is 4.79 Å². The maximum Gasteiger partial charge on any atom is 0.318 e. The van der Waals surface area contributed by atoms with Crippen molar-refractivity contribution < 1.29 is 4.79 Å². The largest absolute Gasteiger partial charge is 0.386 e. The summed E-state index contributed by atoms with van der Waals surface area (Å²) in [6.45, 7) is 0.725. The molecule has 1 atom stereocenters. The van der Waals surface area contributed by atoms with Crippen LogP contribution in [0, 0.1) is 5.41 Å². The van der Waals surface area contributed by atoms with Gasteiger partial charge in [-0.2, -0.15) is 0 Å². The number of urea groups is 1. The second kappa shape index (κ2) is 5.38. The molecule has 0 aromatic heterocycles. The van der Waals surface area contributed by atoms with Crippen LogP contribution in [0.1, 0.15) is 44.9 Å². The maximum atomic E-state index is 12.1. The molecule has 2 fully saturated rings. The van der Waals surface area contributed by atoms with E-state index in [2.05, 4.69) is 5.32 Å². The standard InChI is InChI=1S/C12H22N4O/c13-11(14)10-7-4-8-16(10)12(17)15-9-5-2-1-3-6-9/h9-10H,1-8H2,(H3,13,14)(H,15,17). The number of amidine groups is 1. The number of amides is 2. The molecule has 1 aliphatic carbocycles. The fourth-order valence-electron chi connectivity index (χ4n) is 2.84. The quantitative estimate of drug-likeness (QED) is 0.502. The Balaban J connectivity index is 1.88. The van der Waals surface area contributed by atoms with Gasteiger partial charge in [0.25, 0.3) is 0 Å². The maximum absolute atomic E-state index is 12.1. The van der Waals surface area contributed by atoms with E-state index in [1.807, 2.05) is 0 Å². The second-order valence-corrected chi connectivity index (χ2v) is 5.09. The molecule has 96 valence electrons. The average Bonchev–Trinajstić information content (AvgIpc) is 2.79. The number of hydrogen-bond acceptors (Lipinski definition) is 2. The molecule has 0 bridgehead atoms. The van der Waals surface area contributed by atoms with Crippen molar-refractivity contribution in [2.24, 2.45) is 5.73 Å². The molecule has 2 rings (SSSR count). The average molecular weight is 238 g/mol. The van der Waals surface area contributed by atoms with Gasteiger partial charge >= 0.3 is 6.03 Å². The van der Waals surface area contributed by atoms with Gasteiger partial charge in [-0.3, -0.25) is 5.41 Å². The fourth-order valence-corrected chi connectivity index (χ4v) is 2.84. The number of likely N-dealkylation sites (tertiary alicyclic amines) is 1. The van der Waals surface area contributed by atoms with Crippen molar-refractivity contribution in [2.45, 2.75) is 57.0 Å². The van der Waals surface area contributed by atoms with Gasteiger partial charge in [-0.1, -0.05) is 19.3 Å². The van der Waals surface area contributed by atoms with Crippen LogP contribution < -0.4 is 11.1 Å². The summed E-state index contributed by atoms with van der Waals surface area (Å²) < 4.78 is 0. The predicted octanol–water partition coefficient (Wildman–Crippen LogP) is 1.43. The number of nitrogens with zero attached hydrogens (tertiary/aromatic N) is 1. The Kier molecular flexibility index (Phi) is 3.86. The summed E-state index contributed by atoms with van der Waals surface area (Å²) in [6, 6.07) is 0.109. The van der Waals surface area contributed by atoms with Crippen LogP contribution in [0.4, 0.5) is 4.79 Å². The summed E-state index contributed by atoms with van der Waals surface area (Å²) in [7, 11) is 0. The number of carbonyl (C=O) groups is 1. The lowest BCUT2D eigenvalue weighted by Crippen LogP contribution is -2.50. The third kappa shape index (κ3) is 2.90. The molecule has 1 saturated carbocycles. The number of nitrogens with two attached hydrogens (primary N) is 1. The minimum atomic E-state index is -0.182. The predicted molar refractivity (Wildman–Crippen MR) is 67.0 cm³/mol. The zero-order valence-corrected chi connectivity index (χ0v) is 10.2. The molecule has 4 N–H and O–H groups in total. The molecule has 0 spiro atoms. The summed E-state index contributed by atoms with van der Waals surface area (Å²) in [4.78, 5) is 13.8. The number of nitrogens with one attached hydrogen (secondary N) is 2. The summed E-state index contributed by atoms with van der Waals surface area (Å²) in [5, 5.41) is 10.6. The van der Waals surface area contributed by atoms with Crippen molar-refractivity contribution in [3.8, 4) is 0 Å². The van der Waals surface area contributed by atoms with E-state index in [4.69, 9.17) is 11.1 Å². The van der Waals surface area contributed by atoms with Gasteiger partial charge in [0, 0.05) is 12.6 Å². The second-order valence-electron chi connectivity index (χ2n) is 5.09. The van der Waals surface area contributed by atoms with Crippen LogP contribution in [0.3, 0.4) is 0 Å². The Bertz CT molecular complexity index is 299. The number of carbonyl (C=O) groups excluding carboxylic acids is 1. The first-order valence-electron chi connectivity index (χ1n) is 6.59. The lowest BCUT2D eigenvalue weighted by molar-refractivity contribution is 0.194. The Hall–Kier alpha value is -1.26. The molecule has 2 aliphatic rings. The fraction of sp³-hybridized carbons (Fsp3) is 0.833. The molecule has 2 amide bonds. The smallest absolute Gasteiger partial charge is 0.318 e. The van der Waals surface area contributed by atoms with E-state index >= 15 is 0 Å². The van der Waals surface area contributed by atoms with E-state index in [1.54, 1.807) is 4.90 Å². The molecular weight excluding hydrogens is 216 g/mol. The first-order valence-corrected chi connectivity index (χ1v) is 6.59. The minimum Gasteiger partial charge on any atom is -0.386 e. The van der Waals surface area contributed by atoms with E-state index in [0.29, 0.717) is 6.04 Å². The number of hydrogen-bond donors (Lipinski definition) is 3. The van der Waals surface area contributed by atoms with Crippen LogP contribution in [-0.4, -0.2) is 35.4 Å². The van der Waals surface area contributed by atoms with Crippen LogP contribution in [0.25, 0.3) is 0 Å². The Morgan fingerprint density at radius 2 is 1.88 bits per heavy atom. The molecule has 5 nitrogen and oxygen atoms in total. The van der Waals surface area contributed by atoms with Crippen molar-refractivity contribution in [3.63, 3.8) is 0 Å². The van der Waals surface area contributed by atoms with Crippen LogP contribution in [0.15, 0.2) is 0 Å². The van der Waals surface area contributed by atoms with Gasteiger partial charge in [0.2, 0.25) is 0 Å². The van der Waals surface area contributed by atoms with Crippen LogP contribution in [0.2, 0.25) is 0 Å². The first kappa shape index (κ1) is 12.2. The van der Waals surface area contributed by atoms with Gasteiger partial charge in [0.15, 0.2) is 0 Å². The third-order valence-corrected chi connectivity index (χ3v) is 3.81. The Morgan fingerprint density at radius 3 is 2.53 bits per heavy atom. The Labute approximate surface area is 102 Å². The van der Waals surface area contributed by atoms with Crippen molar-refractivity contribution in [1.29, 1.82) is 5.41 Å². The zero-order valence-electron chi connectivity index (χ0n) is 10.2. The number of rotatable bonds is 2. The minimum absolute atomic E-state index is 0.0328. The highest BCUT2D eigenvalue weighted by Gasteiger charge is 2.31. The summed E-state index contributed by atoms with van der Waals surface area (Å²) in [6.07, 6.45) is 7.65. The van der Waals surface area contributed by atoms with Gasteiger partial charge in [-0.15, -0.1) is 0 Å². The lowest BCUT2D eigenvalue weighted by atomic mass is 9.96. The summed E-state index contributed by atoms with van der Waals surface area (Å²) in [5.74, 6) is 0.112. The molecule has 1 heterocycles. The molecule has 0 aromatic rings. The van der Waals surface area contributed by atoms with E-state index in [0.717, 1.165) is 32.2 Å². The van der Waals surface area contributed by atoms with Crippen molar-refractivity contribution in [2.75, 3.05) is 6.54 Å². The summed E-state index contributed by atoms with van der Waals surface area (Å²) >= 11 is 0. The van der Waals surface area contributed by atoms with Crippen molar-refractivity contribution in [1.82, 2.24) is 10.2 Å². The highest BCUT2D eigenvalue weighted by Crippen LogP contribution is 2.20. The molecule has 1 saturated heterocycles. The topological polar surface area (TPSA) is 82.2 Å². The molecule has 0 aromatic carbocycles.